The molecule has 0 fully saturated rings. The van der Waals surface area contributed by atoms with E-state index in [-0.39, 0.29) is 12.6 Å². The lowest BCUT2D eigenvalue weighted by Crippen LogP contribution is -2.42. The molecule has 1 aromatic heterocycles. The number of aromatic nitrogens is 1. The van der Waals surface area contributed by atoms with Crippen molar-refractivity contribution in [2.45, 2.75) is 31.9 Å². The number of ether oxygens (including phenoxy) is 2. The van der Waals surface area contributed by atoms with Gasteiger partial charge in [0.15, 0.2) is 0 Å². The summed E-state index contributed by atoms with van der Waals surface area (Å²) in [6.45, 7) is 3.71. The molecule has 1 aliphatic heterocycles. The topological polar surface area (TPSA) is 107 Å². The fourth-order valence-electron chi connectivity index (χ4n) is 5.08. The van der Waals surface area contributed by atoms with E-state index >= 15 is 0 Å². The lowest BCUT2D eigenvalue weighted by Gasteiger charge is -2.35. The second kappa shape index (κ2) is 12.7. The van der Waals surface area contributed by atoms with Crippen LogP contribution >= 0.6 is 11.6 Å². The van der Waals surface area contributed by atoms with Crippen LogP contribution in [0.4, 0.5) is 4.79 Å². The summed E-state index contributed by atoms with van der Waals surface area (Å²) < 4.78 is 11.6. The number of fused-ring (bicyclic) bond motifs is 3. The molecular formula is C31H34ClN3O5. The molecule has 2 atom stereocenters. The number of H-pyrrole nitrogens is 1. The molecule has 0 radical (unpaired) electrons. The van der Waals surface area contributed by atoms with Crippen molar-refractivity contribution in [3.63, 3.8) is 0 Å². The number of aryl methyl sites for hydroxylation is 1. The first-order chi connectivity index (χ1) is 19.4. The van der Waals surface area contributed by atoms with Crippen LogP contribution in [0.3, 0.4) is 0 Å². The van der Waals surface area contributed by atoms with Crippen LogP contribution in [0.25, 0.3) is 10.9 Å². The van der Waals surface area contributed by atoms with Gasteiger partial charge in [-0.1, -0.05) is 41.4 Å². The lowest BCUT2D eigenvalue weighted by atomic mass is 9.92. The lowest BCUT2D eigenvalue weighted by molar-refractivity contribution is 0.135. The number of aromatic amines is 1. The van der Waals surface area contributed by atoms with E-state index < -0.39 is 12.2 Å². The standard InChI is InChI=1S/C31H34ClN3O5/c1-20-2-7-25(8-3-20)40-31(38)35-15-12-26-27-18-22(32)6-11-28(27)34-29(26)30(35)21-4-9-24(10-5-21)39-17-13-23(37)19-33-14-16-36/h2-11,18,23,30,33-34,36-37H,12-17,19H2,1H3/t23?,30-/m0/s1. The Labute approximate surface area is 238 Å². The molecule has 2 heterocycles. The van der Waals surface area contributed by atoms with Crippen molar-refractivity contribution in [1.82, 2.24) is 15.2 Å². The zero-order valence-electron chi connectivity index (χ0n) is 22.4. The molecule has 1 aliphatic rings. The largest absolute Gasteiger partial charge is 0.493 e. The maximum atomic E-state index is 13.5. The van der Waals surface area contributed by atoms with Gasteiger partial charge in [-0.2, -0.15) is 0 Å². The fraction of sp³-hybridized carbons (Fsp3) is 0.323. The van der Waals surface area contributed by atoms with Gasteiger partial charge in [-0.25, -0.2) is 4.79 Å². The summed E-state index contributed by atoms with van der Waals surface area (Å²) in [6.07, 6.45) is 0.157. The Hall–Kier alpha value is -3.56. The number of hydrogen-bond acceptors (Lipinski definition) is 6. The number of carbonyl (C=O) groups excluding carboxylic acids is 1. The van der Waals surface area contributed by atoms with E-state index in [1.165, 1.54) is 0 Å². The Kier molecular flexibility index (Phi) is 8.91. The molecule has 4 N–H and O–H groups in total. The predicted octanol–water partition coefficient (Wildman–Crippen LogP) is 4.99. The summed E-state index contributed by atoms with van der Waals surface area (Å²) >= 11 is 6.32. The number of benzene rings is 3. The highest BCUT2D eigenvalue weighted by Gasteiger charge is 2.35. The van der Waals surface area contributed by atoms with Gasteiger partial charge in [0.2, 0.25) is 0 Å². The Morgan fingerprint density at radius 3 is 2.62 bits per heavy atom. The number of amides is 1. The van der Waals surface area contributed by atoms with E-state index in [2.05, 4.69) is 10.3 Å². The summed E-state index contributed by atoms with van der Waals surface area (Å²) in [7, 11) is 0. The molecule has 40 heavy (non-hydrogen) atoms. The van der Waals surface area contributed by atoms with Crippen LogP contribution in [0, 0.1) is 6.92 Å². The number of rotatable bonds is 10. The molecule has 3 aromatic carbocycles. The number of hydrogen-bond donors (Lipinski definition) is 4. The first-order valence-electron chi connectivity index (χ1n) is 13.5. The van der Waals surface area contributed by atoms with Gasteiger partial charge in [0.1, 0.15) is 17.5 Å². The van der Waals surface area contributed by atoms with Gasteiger partial charge in [0.25, 0.3) is 0 Å². The van der Waals surface area contributed by atoms with Crippen LogP contribution in [-0.4, -0.2) is 65.1 Å². The molecule has 1 amide bonds. The Morgan fingerprint density at radius 2 is 1.88 bits per heavy atom. The number of aliphatic hydroxyl groups is 2. The minimum absolute atomic E-state index is 0.0332. The summed E-state index contributed by atoms with van der Waals surface area (Å²) in [4.78, 5) is 18.8. The third kappa shape index (κ3) is 6.42. The van der Waals surface area contributed by atoms with Crippen LogP contribution in [0.5, 0.6) is 11.5 Å². The first kappa shape index (κ1) is 28.0. The normalized spacial score (nSPS) is 15.6. The molecule has 8 nitrogen and oxygen atoms in total. The summed E-state index contributed by atoms with van der Waals surface area (Å²) in [5.41, 5.74) is 5.06. The SMILES string of the molecule is Cc1ccc(OC(=O)N2CCc3c([nH]c4ccc(Cl)cc34)[C@@H]2c2ccc(OCCC(O)CNCCO)cc2)cc1. The van der Waals surface area contributed by atoms with Crippen molar-refractivity contribution >= 4 is 28.6 Å². The molecule has 0 spiro atoms. The minimum Gasteiger partial charge on any atom is -0.493 e. The maximum Gasteiger partial charge on any atom is 0.416 e. The number of halogens is 1. The van der Waals surface area contributed by atoms with Crippen molar-refractivity contribution < 1.29 is 24.5 Å². The Bertz CT molecular complexity index is 1440. The highest BCUT2D eigenvalue weighted by Crippen LogP contribution is 2.40. The maximum absolute atomic E-state index is 13.5. The zero-order chi connectivity index (χ0) is 28.1. The third-order valence-corrected chi connectivity index (χ3v) is 7.37. The summed E-state index contributed by atoms with van der Waals surface area (Å²) in [6, 6.07) is 20.5. The Balaban J connectivity index is 1.37. The minimum atomic E-state index is -0.560. The summed E-state index contributed by atoms with van der Waals surface area (Å²) in [5, 5.41) is 23.6. The quantitative estimate of drug-likeness (QED) is 0.203. The molecule has 5 rings (SSSR count). The molecule has 0 bridgehead atoms. The van der Waals surface area contributed by atoms with Crippen LogP contribution in [0.1, 0.15) is 34.8 Å². The molecule has 1 unspecified atom stereocenters. The van der Waals surface area contributed by atoms with E-state index in [0.717, 1.165) is 33.3 Å². The molecule has 0 saturated carbocycles. The number of carbonyl (C=O) groups is 1. The van der Waals surface area contributed by atoms with Gasteiger partial charge < -0.3 is 30.0 Å². The number of aliphatic hydroxyl groups excluding tert-OH is 2. The zero-order valence-corrected chi connectivity index (χ0v) is 23.2. The van der Waals surface area contributed by atoms with Crippen molar-refractivity contribution in [3.8, 4) is 11.5 Å². The van der Waals surface area contributed by atoms with Gasteiger partial charge in [-0.3, -0.25) is 4.90 Å². The average molecular weight is 564 g/mol. The molecule has 210 valence electrons. The molecule has 0 aliphatic carbocycles. The van der Waals surface area contributed by atoms with Gasteiger partial charge in [0.05, 0.1) is 19.3 Å². The predicted molar refractivity (Wildman–Crippen MR) is 155 cm³/mol. The van der Waals surface area contributed by atoms with E-state index in [1.54, 1.807) is 17.0 Å². The van der Waals surface area contributed by atoms with Crippen molar-refractivity contribution in [1.29, 1.82) is 0 Å². The van der Waals surface area contributed by atoms with Crippen molar-refractivity contribution in [2.24, 2.45) is 0 Å². The second-order valence-electron chi connectivity index (χ2n) is 10.0. The van der Waals surface area contributed by atoms with Crippen LogP contribution in [0.2, 0.25) is 5.02 Å². The van der Waals surface area contributed by atoms with E-state index in [1.807, 2.05) is 61.5 Å². The highest BCUT2D eigenvalue weighted by molar-refractivity contribution is 6.31. The summed E-state index contributed by atoms with van der Waals surface area (Å²) in [5.74, 6) is 1.17. The molecular weight excluding hydrogens is 530 g/mol. The van der Waals surface area contributed by atoms with E-state index in [9.17, 15) is 9.90 Å². The monoisotopic (exact) mass is 563 g/mol. The Morgan fingerprint density at radius 1 is 1.12 bits per heavy atom. The molecule has 9 heteroatoms. The average Bonchev–Trinajstić information content (AvgIpc) is 3.32. The van der Waals surface area contributed by atoms with Crippen molar-refractivity contribution in [3.05, 3.63) is 94.1 Å². The molecule has 4 aromatic rings. The van der Waals surface area contributed by atoms with E-state index in [0.29, 0.717) is 55.6 Å². The highest BCUT2D eigenvalue weighted by atomic mass is 35.5. The van der Waals surface area contributed by atoms with Gasteiger partial charge >= 0.3 is 6.09 Å². The van der Waals surface area contributed by atoms with Gasteiger partial charge in [0, 0.05) is 47.7 Å². The van der Waals surface area contributed by atoms with Crippen LogP contribution < -0.4 is 14.8 Å². The van der Waals surface area contributed by atoms with Gasteiger partial charge in [-0.05, 0) is 66.9 Å². The number of nitrogens with one attached hydrogen (secondary N) is 2. The molecule has 0 saturated heterocycles. The second-order valence-corrected chi connectivity index (χ2v) is 10.5. The third-order valence-electron chi connectivity index (χ3n) is 7.13. The first-order valence-corrected chi connectivity index (χ1v) is 13.9. The van der Waals surface area contributed by atoms with Crippen LogP contribution in [0.15, 0.2) is 66.7 Å². The van der Waals surface area contributed by atoms with Crippen molar-refractivity contribution in [2.75, 3.05) is 32.8 Å². The number of nitrogens with zero attached hydrogens (tertiary/aromatic N) is 1. The van der Waals surface area contributed by atoms with Gasteiger partial charge in [-0.15, -0.1) is 0 Å². The fourth-order valence-corrected chi connectivity index (χ4v) is 5.25. The van der Waals surface area contributed by atoms with E-state index in [4.69, 9.17) is 26.2 Å². The smallest absolute Gasteiger partial charge is 0.416 e. The van der Waals surface area contributed by atoms with Crippen LogP contribution in [-0.2, 0) is 6.42 Å².